The first kappa shape index (κ1) is 20.2. The zero-order valence-corrected chi connectivity index (χ0v) is 16.3. The number of hydrogen-bond acceptors (Lipinski definition) is 6. The standard InChI is InChI=1S/C20H23NO6/c1-10-16(12(3)22)11(2)21-18(10)19(23)13(4)27-20(24)17-14(25-5)8-7-9-15(17)26-6/h7-9,13,21H,1-6H3. The van der Waals surface area contributed by atoms with E-state index in [9.17, 15) is 14.4 Å². The zero-order chi connectivity index (χ0) is 20.3. The van der Waals surface area contributed by atoms with Crippen LogP contribution in [0.5, 0.6) is 11.5 Å². The molecule has 7 heteroatoms. The number of methoxy groups -OCH3 is 2. The number of benzene rings is 1. The van der Waals surface area contributed by atoms with Crippen molar-refractivity contribution in [2.24, 2.45) is 0 Å². The van der Waals surface area contributed by atoms with Gasteiger partial charge in [-0.1, -0.05) is 6.07 Å². The number of hydrogen-bond donors (Lipinski definition) is 1. The summed E-state index contributed by atoms with van der Waals surface area (Å²) in [5.74, 6) is -0.735. The first-order chi connectivity index (χ1) is 12.7. The van der Waals surface area contributed by atoms with E-state index in [2.05, 4.69) is 4.98 Å². The Bertz CT molecular complexity index is 874. The number of rotatable bonds is 7. The molecular formula is C20H23NO6. The third-order valence-corrected chi connectivity index (χ3v) is 4.32. The Morgan fingerprint density at radius 1 is 1.00 bits per heavy atom. The summed E-state index contributed by atoms with van der Waals surface area (Å²) in [4.78, 5) is 40.0. The van der Waals surface area contributed by atoms with Crippen molar-refractivity contribution >= 4 is 17.5 Å². The summed E-state index contributed by atoms with van der Waals surface area (Å²) in [6.45, 7) is 6.32. The van der Waals surface area contributed by atoms with Gasteiger partial charge in [0.15, 0.2) is 11.9 Å². The molecule has 1 N–H and O–H groups in total. The number of ether oxygens (including phenoxy) is 3. The molecule has 1 aromatic heterocycles. The summed E-state index contributed by atoms with van der Waals surface area (Å²) in [5, 5.41) is 0. The second kappa shape index (κ2) is 8.07. The van der Waals surface area contributed by atoms with Crippen LogP contribution in [0.15, 0.2) is 18.2 Å². The summed E-state index contributed by atoms with van der Waals surface area (Å²) in [5.41, 5.74) is 1.98. The molecule has 0 bridgehead atoms. The third kappa shape index (κ3) is 3.86. The van der Waals surface area contributed by atoms with Crippen LogP contribution in [0.1, 0.15) is 56.3 Å². The first-order valence-electron chi connectivity index (χ1n) is 8.39. The second-order valence-corrected chi connectivity index (χ2v) is 6.13. The minimum absolute atomic E-state index is 0.103. The van der Waals surface area contributed by atoms with E-state index in [1.54, 1.807) is 32.0 Å². The Hall–Kier alpha value is -3.09. The van der Waals surface area contributed by atoms with Crippen molar-refractivity contribution in [1.82, 2.24) is 4.98 Å². The van der Waals surface area contributed by atoms with Crippen molar-refractivity contribution in [3.63, 3.8) is 0 Å². The average molecular weight is 373 g/mol. The number of H-pyrrole nitrogens is 1. The topological polar surface area (TPSA) is 94.7 Å². The highest BCUT2D eigenvalue weighted by molar-refractivity contribution is 6.06. The van der Waals surface area contributed by atoms with Crippen molar-refractivity contribution < 1.29 is 28.6 Å². The second-order valence-electron chi connectivity index (χ2n) is 6.13. The Morgan fingerprint density at radius 2 is 1.56 bits per heavy atom. The lowest BCUT2D eigenvalue weighted by Crippen LogP contribution is -2.26. The van der Waals surface area contributed by atoms with Gasteiger partial charge in [-0.25, -0.2) is 4.79 Å². The van der Waals surface area contributed by atoms with Crippen LogP contribution in [0.4, 0.5) is 0 Å². The van der Waals surface area contributed by atoms with Gasteiger partial charge < -0.3 is 19.2 Å². The molecule has 2 aromatic rings. The van der Waals surface area contributed by atoms with Crippen LogP contribution in [-0.2, 0) is 4.74 Å². The van der Waals surface area contributed by atoms with Crippen LogP contribution in [0.3, 0.4) is 0 Å². The quantitative estimate of drug-likeness (QED) is 0.591. The van der Waals surface area contributed by atoms with E-state index < -0.39 is 17.9 Å². The summed E-state index contributed by atoms with van der Waals surface area (Å²) in [6, 6.07) is 4.88. The number of Topliss-reactive ketones (excluding diaryl/α,β-unsaturated/α-hetero) is 2. The molecule has 0 aliphatic rings. The zero-order valence-electron chi connectivity index (χ0n) is 16.3. The van der Waals surface area contributed by atoms with Gasteiger partial charge in [0.05, 0.1) is 19.9 Å². The molecule has 0 radical (unpaired) electrons. The lowest BCUT2D eigenvalue weighted by Gasteiger charge is -2.15. The fourth-order valence-corrected chi connectivity index (χ4v) is 3.05. The lowest BCUT2D eigenvalue weighted by atomic mass is 10.0. The number of ketones is 2. The summed E-state index contributed by atoms with van der Waals surface area (Å²) in [7, 11) is 2.85. The largest absolute Gasteiger partial charge is 0.496 e. The predicted octanol–water partition coefficient (Wildman–Crippen LogP) is 3.28. The third-order valence-electron chi connectivity index (χ3n) is 4.32. The molecule has 0 aliphatic carbocycles. The summed E-state index contributed by atoms with van der Waals surface area (Å²) >= 11 is 0. The van der Waals surface area contributed by atoms with Gasteiger partial charge in [-0.3, -0.25) is 9.59 Å². The van der Waals surface area contributed by atoms with E-state index in [4.69, 9.17) is 14.2 Å². The van der Waals surface area contributed by atoms with Crippen LogP contribution >= 0.6 is 0 Å². The number of esters is 1. The van der Waals surface area contributed by atoms with E-state index in [0.29, 0.717) is 16.8 Å². The summed E-state index contributed by atoms with van der Waals surface area (Å²) < 4.78 is 15.7. The highest BCUT2D eigenvalue weighted by Crippen LogP contribution is 2.29. The number of carbonyl (C=O) groups is 3. The molecule has 27 heavy (non-hydrogen) atoms. The van der Waals surface area contributed by atoms with Gasteiger partial charge in [-0.05, 0) is 45.4 Å². The lowest BCUT2D eigenvalue weighted by molar-refractivity contribution is 0.0311. The normalized spacial score (nSPS) is 11.6. The fourth-order valence-electron chi connectivity index (χ4n) is 3.05. The molecular weight excluding hydrogens is 350 g/mol. The molecule has 1 unspecified atom stereocenters. The molecule has 144 valence electrons. The number of carbonyl (C=O) groups excluding carboxylic acids is 3. The maximum Gasteiger partial charge on any atom is 0.346 e. The Balaban J connectivity index is 2.29. The molecule has 0 amide bonds. The number of nitrogens with one attached hydrogen (secondary N) is 1. The molecule has 1 atom stereocenters. The summed E-state index contributed by atoms with van der Waals surface area (Å²) in [6.07, 6.45) is -1.07. The molecule has 2 rings (SSSR count). The Kier molecular flexibility index (Phi) is 6.05. The molecule has 0 aliphatic heterocycles. The number of aromatic nitrogens is 1. The maximum atomic E-state index is 12.7. The molecule has 0 saturated heterocycles. The van der Waals surface area contributed by atoms with Crippen molar-refractivity contribution in [2.75, 3.05) is 14.2 Å². The van der Waals surface area contributed by atoms with E-state index in [1.165, 1.54) is 28.1 Å². The molecule has 7 nitrogen and oxygen atoms in total. The van der Waals surface area contributed by atoms with Gasteiger partial charge >= 0.3 is 5.97 Å². The van der Waals surface area contributed by atoms with E-state index in [0.717, 1.165) is 0 Å². The van der Waals surface area contributed by atoms with Crippen LogP contribution in [0.2, 0.25) is 0 Å². The predicted molar refractivity (Wildman–Crippen MR) is 99.0 cm³/mol. The molecule has 0 fully saturated rings. The van der Waals surface area contributed by atoms with Crippen molar-refractivity contribution in [2.45, 2.75) is 33.8 Å². The monoisotopic (exact) mass is 373 g/mol. The van der Waals surface area contributed by atoms with E-state index in [1.807, 2.05) is 0 Å². The average Bonchev–Trinajstić information content (AvgIpc) is 2.94. The molecule has 1 aromatic carbocycles. The Morgan fingerprint density at radius 3 is 2.00 bits per heavy atom. The number of aromatic amines is 1. The van der Waals surface area contributed by atoms with E-state index >= 15 is 0 Å². The van der Waals surface area contributed by atoms with Gasteiger partial charge in [0.2, 0.25) is 5.78 Å². The van der Waals surface area contributed by atoms with Crippen LogP contribution in [0, 0.1) is 13.8 Å². The van der Waals surface area contributed by atoms with Crippen LogP contribution < -0.4 is 9.47 Å². The minimum Gasteiger partial charge on any atom is -0.496 e. The van der Waals surface area contributed by atoms with Gasteiger partial charge in [-0.15, -0.1) is 0 Å². The fraction of sp³-hybridized carbons (Fsp3) is 0.350. The van der Waals surface area contributed by atoms with Crippen LogP contribution in [0.25, 0.3) is 0 Å². The van der Waals surface area contributed by atoms with Crippen LogP contribution in [-0.4, -0.2) is 42.8 Å². The number of aryl methyl sites for hydroxylation is 1. The van der Waals surface area contributed by atoms with Crippen molar-refractivity contribution in [3.05, 3.63) is 46.3 Å². The minimum atomic E-state index is -1.07. The van der Waals surface area contributed by atoms with Gasteiger partial charge in [0.1, 0.15) is 17.1 Å². The SMILES string of the molecule is COc1cccc(OC)c1C(=O)OC(C)C(=O)c1[nH]c(C)c(C(C)=O)c1C. The van der Waals surface area contributed by atoms with Gasteiger partial charge in [0, 0.05) is 11.3 Å². The molecule has 0 saturated carbocycles. The van der Waals surface area contributed by atoms with Gasteiger partial charge in [0.25, 0.3) is 0 Å². The Labute approximate surface area is 157 Å². The molecule has 1 heterocycles. The van der Waals surface area contributed by atoms with E-state index in [-0.39, 0.29) is 28.5 Å². The first-order valence-corrected chi connectivity index (χ1v) is 8.39. The smallest absolute Gasteiger partial charge is 0.346 e. The molecule has 0 spiro atoms. The van der Waals surface area contributed by atoms with Gasteiger partial charge in [-0.2, -0.15) is 0 Å². The van der Waals surface area contributed by atoms with Crippen molar-refractivity contribution in [3.8, 4) is 11.5 Å². The highest BCUT2D eigenvalue weighted by Gasteiger charge is 2.28. The highest BCUT2D eigenvalue weighted by atomic mass is 16.6. The maximum absolute atomic E-state index is 12.7. The van der Waals surface area contributed by atoms with Crippen molar-refractivity contribution in [1.29, 1.82) is 0 Å².